The maximum atomic E-state index is 11.3. The SMILES string of the molecule is CCCC(CSCC1(CC(=O)OC)CC1)NC. The van der Waals surface area contributed by atoms with Crippen LogP contribution in [0, 0.1) is 5.41 Å². The van der Waals surface area contributed by atoms with Crippen LogP contribution >= 0.6 is 11.8 Å². The second kappa shape index (κ2) is 7.27. The first-order valence-corrected chi connectivity index (χ1v) is 7.63. The summed E-state index contributed by atoms with van der Waals surface area (Å²) in [6, 6.07) is 0.610. The molecule has 0 heterocycles. The van der Waals surface area contributed by atoms with E-state index in [0.717, 1.165) is 11.5 Å². The molecule has 100 valence electrons. The Morgan fingerprint density at radius 2 is 2.24 bits per heavy atom. The number of carbonyl (C=O) groups excluding carboxylic acids is 1. The second-order valence-electron chi connectivity index (χ2n) is 5.04. The lowest BCUT2D eigenvalue weighted by molar-refractivity contribution is -0.141. The summed E-state index contributed by atoms with van der Waals surface area (Å²) in [5.74, 6) is 2.19. The van der Waals surface area contributed by atoms with Crippen molar-refractivity contribution in [3.8, 4) is 0 Å². The highest BCUT2D eigenvalue weighted by Gasteiger charge is 2.44. The van der Waals surface area contributed by atoms with Crippen LogP contribution in [0.4, 0.5) is 0 Å². The lowest BCUT2D eigenvalue weighted by Crippen LogP contribution is -2.28. The zero-order valence-electron chi connectivity index (χ0n) is 11.3. The Morgan fingerprint density at radius 1 is 1.53 bits per heavy atom. The molecule has 3 nitrogen and oxygen atoms in total. The summed E-state index contributed by atoms with van der Waals surface area (Å²) in [6.07, 6.45) is 5.43. The topological polar surface area (TPSA) is 38.3 Å². The normalized spacial score (nSPS) is 18.8. The van der Waals surface area contributed by atoms with Crippen molar-refractivity contribution in [1.29, 1.82) is 0 Å². The summed E-state index contributed by atoms with van der Waals surface area (Å²) in [4.78, 5) is 11.3. The Hall–Kier alpha value is -0.220. The van der Waals surface area contributed by atoms with Gasteiger partial charge in [0.1, 0.15) is 0 Å². The average Bonchev–Trinajstić information content (AvgIpc) is 3.08. The van der Waals surface area contributed by atoms with Gasteiger partial charge in [-0.2, -0.15) is 11.8 Å². The van der Waals surface area contributed by atoms with Crippen molar-refractivity contribution in [2.75, 3.05) is 25.7 Å². The van der Waals surface area contributed by atoms with Crippen LogP contribution in [0.5, 0.6) is 0 Å². The Bertz CT molecular complexity index is 242. The Labute approximate surface area is 109 Å². The number of methoxy groups -OCH3 is 1. The van der Waals surface area contributed by atoms with Crippen LogP contribution in [0.25, 0.3) is 0 Å². The summed E-state index contributed by atoms with van der Waals surface area (Å²) in [6.45, 7) is 2.22. The summed E-state index contributed by atoms with van der Waals surface area (Å²) < 4.78 is 4.75. The van der Waals surface area contributed by atoms with Crippen molar-refractivity contribution < 1.29 is 9.53 Å². The second-order valence-corrected chi connectivity index (χ2v) is 6.07. The van der Waals surface area contributed by atoms with Crippen LogP contribution in [0.2, 0.25) is 0 Å². The zero-order chi connectivity index (χ0) is 12.7. The maximum Gasteiger partial charge on any atom is 0.306 e. The standard InChI is InChI=1S/C13H25NO2S/c1-4-5-11(14-2)9-17-10-13(6-7-13)8-12(15)16-3/h11,14H,4-10H2,1-3H3. The molecular formula is C13H25NO2S. The largest absolute Gasteiger partial charge is 0.469 e. The molecule has 1 unspecified atom stereocenters. The van der Waals surface area contributed by atoms with Gasteiger partial charge in [-0.15, -0.1) is 0 Å². The number of hydrogen-bond donors (Lipinski definition) is 1. The van der Waals surface area contributed by atoms with Crippen LogP contribution in [-0.2, 0) is 9.53 Å². The molecule has 4 heteroatoms. The lowest BCUT2D eigenvalue weighted by atomic mass is 10.1. The van der Waals surface area contributed by atoms with Gasteiger partial charge < -0.3 is 10.1 Å². The smallest absolute Gasteiger partial charge is 0.306 e. The molecule has 0 amide bonds. The van der Waals surface area contributed by atoms with Crippen molar-refractivity contribution in [2.45, 2.75) is 45.1 Å². The maximum absolute atomic E-state index is 11.3. The quantitative estimate of drug-likeness (QED) is 0.646. The van der Waals surface area contributed by atoms with Crippen LogP contribution in [0.1, 0.15) is 39.0 Å². The van der Waals surface area contributed by atoms with E-state index >= 15 is 0 Å². The fourth-order valence-corrected chi connectivity index (χ4v) is 3.56. The van der Waals surface area contributed by atoms with Gasteiger partial charge in [0.05, 0.1) is 13.5 Å². The predicted molar refractivity (Wildman–Crippen MR) is 73.4 cm³/mol. The molecule has 17 heavy (non-hydrogen) atoms. The van der Waals surface area contributed by atoms with Gasteiger partial charge >= 0.3 is 5.97 Å². The minimum atomic E-state index is -0.0539. The minimum Gasteiger partial charge on any atom is -0.469 e. The fraction of sp³-hybridized carbons (Fsp3) is 0.923. The predicted octanol–water partition coefficient (Wildman–Crippen LogP) is 2.45. The number of esters is 1. The van der Waals surface area contributed by atoms with E-state index in [4.69, 9.17) is 4.74 Å². The average molecular weight is 259 g/mol. The summed E-state index contributed by atoms with van der Waals surface area (Å²) >= 11 is 1.98. The van der Waals surface area contributed by atoms with E-state index in [9.17, 15) is 4.79 Å². The van der Waals surface area contributed by atoms with Crippen molar-refractivity contribution in [1.82, 2.24) is 5.32 Å². The molecule has 0 aromatic carbocycles. The number of nitrogens with one attached hydrogen (secondary N) is 1. The highest BCUT2D eigenvalue weighted by Crippen LogP contribution is 2.51. The third-order valence-corrected chi connectivity index (χ3v) is 4.93. The van der Waals surface area contributed by atoms with E-state index in [0.29, 0.717) is 12.5 Å². The first-order valence-electron chi connectivity index (χ1n) is 6.47. The van der Waals surface area contributed by atoms with Crippen LogP contribution < -0.4 is 5.32 Å². The molecule has 1 fully saturated rings. The fourth-order valence-electron chi connectivity index (χ4n) is 2.00. The third-order valence-electron chi connectivity index (χ3n) is 3.48. The molecule has 0 saturated heterocycles. The van der Waals surface area contributed by atoms with E-state index in [1.165, 1.54) is 32.8 Å². The third kappa shape index (κ3) is 5.30. The molecule has 1 N–H and O–H groups in total. The van der Waals surface area contributed by atoms with Gasteiger partial charge in [0, 0.05) is 11.8 Å². The van der Waals surface area contributed by atoms with Crippen LogP contribution in [0.15, 0.2) is 0 Å². The molecule has 0 bridgehead atoms. The Balaban J connectivity index is 2.19. The van der Waals surface area contributed by atoms with E-state index in [-0.39, 0.29) is 11.4 Å². The van der Waals surface area contributed by atoms with Gasteiger partial charge in [-0.1, -0.05) is 13.3 Å². The summed E-state index contributed by atoms with van der Waals surface area (Å²) in [5.41, 5.74) is 0.266. The molecule has 0 aromatic heterocycles. The van der Waals surface area contributed by atoms with Crippen molar-refractivity contribution >= 4 is 17.7 Å². The molecule has 1 atom stereocenters. The van der Waals surface area contributed by atoms with Gasteiger partial charge in [-0.3, -0.25) is 4.79 Å². The van der Waals surface area contributed by atoms with Crippen LogP contribution in [-0.4, -0.2) is 37.7 Å². The van der Waals surface area contributed by atoms with Crippen molar-refractivity contribution in [3.63, 3.8) is 0 Å². The molecule has 1 rings (SSSR count). The summed E-state index contributed by atoms with van der Waals surface area (Å²) in [7, 11) is 3.51. The van der Waals surface area contributed by atoms with Gasteiger partial charge in [0.2, 0.25) is 0 Å². The van der Waals surface area contributed by atoms with Gasteiger partial charge in [0.15, 0.2) is 0 Å². The molecular weight excluding hydrogens is 234 g/mol. The van der Waals surface area contributed by atoms with Crippen molar-refractivity contribution in [2.24, 2.45) is 5.41 Å². The van der Waals surface area contributed by atoms with E-state index in [1.807, 2.05) is 18.8 Å². The van der Waals surface area contributed by atoms with E-state index < -0.39 is 0 Å². The number of hydrogen-bond acceptors (Lipinski definition) is 4. The molecule has 1 aliphatic carbocycles. The highest BCUT2D eigenvalue weighted by molar-refractivity contribution is 7.99. The van der Waals surface area contributed by atoms with E-state index in [1.54, 1.807) is 0 Å². The summed E-state index contributed by atoms with van der Waals surface area (Å²) in [5, 5.41) is 3.35. The molecule has 0 aliphatic heterocycles. The molecule has 1 saturated carbocycles. The van der Waals surface area contributed by atoms with Crippen LogP contribution in [0.3, 0.4) is 0 Å². The molecule has 0 spiro atoms. The molecule has 0 aromatic rings. The van der Waals surface area contributed by atoms with E-state index in [2.05, 4.69) is 12.2 Å². The number of ether oxygens (including phenoxy) is 1. The highest BCUT2D eigenvalue weighted by atomic mass is 32.2. The first kappa shape index (κ1) is 14.8. The Morgan fingerprint density at radius 3 is 2.71 bits per heavy atom. The minimum absolute atomic E-state index is 0.0539. The number of carbonyl (C=O) groups is 1. The zero-order valence-corrected chi connectivity index (χ0v) is 12.1. The molecule has 0 radical (unpaired) electrons. The van der Waals surface area contributed by atoms with Gasteiger partial charge in [0.25, 0.3) is 0 Å². The number of thioether (sulfide) groups is 1. The lowest BCUT2D eigenvalue weighted by Gasteiger charge is -2.17. The molecule has 1 aliphatic rings. The van der Waals surface area contributed by atoms with Gasteiger partial charge in [-0.25, -0.2) is 0 Å². The monoisotopic (exact) mass is 259 g/mol. The number of rotatable bonds is 9. The Kier molecular flexibility index (Phi) is 6.34. The van der Waals surface area contributed by atoms with Crippen molar-refractivity contribution in [3.05, 3.63) is 0 Å². The van der Waals surface area contributed by atoms with Gasteiger partial charge in [-0.05, 0) is 37.5 Å². The first-order chi connectivity index (χ1) is 8.15.